The molecule has 0 bridgehead atoms. The highest BCUT2D eigenvalue weighted by Crippen LogP contribution is 2.27. The Morgan fingerprint density at radius 3 is 2.78 bits per heavy atom. The van der Waals surface area contributed by atoms with Gasteiger partial charge in [-0.3, -0.25) is 4.79 Å². The summed E-state index contributed by atoms with van der Waals surface area (Å²) in [6.45, 7) is -0.0922. The minimum Gasteiger partial charge on any atom is -0.484 e. The molecule has 2 aromatic carbocycles. The van der Waals surface area contributed by atoms with Gasteiger partial charge >= 0.3 is 0 Å². The molecule has 27 heavy (non-hydrogen) atoms. The van der Waals surface area contributed by atoms with Crippen LogP contribution >= 0.6 is 11.3 Å². The largest absolute Gasteiger partial charge is 0.484 e. The van der Waals surface area contributed by atoms with Gasteiger partial charge in [0.25, 0.3) is 11.8 Å². The monoisotopic (exact) mass is 377 g/mol. The fourth-order valence-corrected chi connectivity index (χ4v) is 3.08. The summed E-state index contributed by atoms with van der Waals surface area (Å²) in [6.07, 6.45) is 0. The molecular weight excluding hydrogens is 362 g/mol. The number of nitrogens with zero attached hydrogens (tertiary/aromatic N) is 2. The summed E-state index contributed by atoms with van der Waals surface area (Å²) >= 11 is 1.53. The fourth-order valence-electron chi connectivity index (χ4n) is 2.43. The molecule has 0 aliphatic carbocycles. The van der Waals surface area contributed by atoms with Gasteiger partial charge in [-0.25, -0.2) is 0 Å². The number of para-hydroxylation sites is 1. The van der Waals surface area contributed by atoms with E-state index in [2.05, 4.69) is 15.5 Å². The molecule has 6 nitrogen and oxygen atoms in total. The van der Waals surface area contributed by atoms with Crippen molar-refractivity contribution in [2.75, 3.05) is 11.9 Å². The van der Waals surface area contributed by atoms with Crippen LogP contribution in [0.2, 0.25) is 0 Å². The van der Waals surface area contributed by atoms with E-state index < -0.39 is 0 Å². The van der Waals surface area contributed by atoms with Crippen LogP contribution in [0.25, 0.3) is 22.2 Å². The predicted octanol–water partition coefficient (Wildman–Crippen LogP) is 4.48. The van der Waals surface area contributed by atoms with Crippen LogP contribution < -0.4 is 10.1 Å². The summed E-state index contributed by atoms with van der Waals surface area (Å²) in [5.74, 6) is 1.27. The highest BCUT2D eigenvalue weighted by Gasteiger charge is 2.12. The molecule has 0 spiro atoms. The molecule has 0 saturated heterocycles. The van der Waals surface area contributed by atoms with E-state index in [9.17, 15) is 4.79 Å². The number of thiophene rings is 1. The average Bonchev–Trinajstić information content (AvgIpc) is 3.39. The topological polar surface area (TPSA) is 77.2 Å². The fraction of sp³-hybridized carbons (Fsp3) is 0.0500. The van der Waals surface area contributed by atoms with Crippen LogP contribution in [0.3, 0.4) is 0 Å². The Morgan fingerprint density at radius 2 is 1.96 bits per heavy atom. The first-order chi connectivity index (χ1) is 13.3. The van der Waals surface area contributed by atoms with E-state index >= 15 is 0 Å². The van der Waals surface area contributed by atoms with Crippen LogP contribution in [0.5, 0.6) is 5.75 Å². The SMILES string of the molecule is O=C(COc1cccc(-c2noc(-c3cccs3)n2)c1)Nc1ccccc1. The summed E-state index contributed by atoms with van der Waals surface area (Å²) in [4.78, 5) is 17.3. The molecule has 0 atom stereocenters. The summed E-state index contributed by atoms with van der Waals surface area (Å²) in [5, 5.41) is 8.75. The summed E-state index contributed by atoms with van der Waals surface area (Å²) in [7, 11) is 0. The third-order valence-electron chi connectivity index (χ3n) is 3.68. The van der Waals surface area contributed by atoms with Crippen LogP contribution in [0, 0.1) is 0 Å². The lowest BCUT2D eigenvalue weighted by Gasteiger charge is -2.08. The van der Waals surface area contributed by atoms with E-state index in [-0.39, 0.29) is 12.5 Å². The van der Waals surface area contributed by atoms with E-state index in [1.165, 1.54) is 11.3 Å². The van der Waals surface area contributed by atoms with Crippen molar-refractivity contribution >= 4 is 22.9 Å². The molecule has 0 aliphatic heterocycles. The van der Waals surface area contributed by atoms with Crippen molar-refractivity contribution in [1.82, 2.24) is 10.1 Å². The van der Waals surface area contributed by atoms with Crippen LogP contribution in [0.1, 0.15) is 0 Å². The summed E-state index contributed by atoms with van der Waals surface area (Å²) in [5.41, 5.74) is 1.48. The standard InChI is InChI=1S/C20H15N3O3S/c24-18(21-15-7-2-1-3-8-15)13-25-16-9-4-6-14(12-16)19-22-20(26-23-19)17-10-5-11-27-17/h1-12H,13H2,(H,21,24). The summed E-state index contributed by atoms with van der Waals surface area (Å²) in [6, 6.07) is 20.3. The number of benzene rings is 2. The van der Waals surface area contributed by atoms with Gasteiger partial charge in [0.15, 0.2) is 6.61 Å². The van der Waals surface area contributed by atoms with Gasteiger partial charge < -0.3 is 14.6 Å². The maximum atomic E-state index is 12.0. The van der Waals surface area contributed by atoms with Gasteiger partial charge in [0.2, 0.25) is 5.82 Å². The molecule has 4 aromatic rings. The molecule has 1 N–H and O–H groups in total. The zero-order valence-corrected chi connectivity index (χ0v) is 15.0. The van der Waals surface area contributed by atoms with Crippen molar-refractivity contribution < 1.29 is 14.1 Å². The molecule has 1 amide bonds. The molecule has 0 unspecified atom stereocenters. The predicted molar refractivity (Wildman–Crippen MR) is 104 cm³/mol. The number of hydrogen-bond donors (Lipinski definition) is 1. The van der Waals surface area contributed by atoms with Gasteiger partial charge in [0, 0.05) is 11.3 Å². The molecule has 4 rings (SSSR count). The van der Waals surface area contributed by atoms with Crippen LogP contribution in [-0.2, 0) is 4.79 Å². The van der Waals surface area contributed by atoms with Gasteiger partial charge in [-0.1, -0.05) is 41.6 Å². The number of ether oxygens (including phenoxy) is 1. The molecular formula is C20H15N3O3S. The highest BCUT2D eigenvalue weighted by molar-refractivity contribution is 7.13. The van der Waals surface area contributed by atoms with Crippen molar-refractivity contribution in [2.24, 2.45) is 0 Å². The quantitative estimate of drug-likeness (QED) is 0.536. The molecule has 0 aliphatic rings. The lowest BCUT2D eigenvalue weighted by molar-refractivity contribution is -0.118. The number of carbonyl (C=O) groups is 1. The minimum absolute atomic E-state index is 0.0922. The number of amides is 1. The van der Waals surface area contributed by atoms with E-state index in [0.717, 1.165) is 16.1 Å². The van der Waals surface area contributed by atoms with Crippen molar-refractivity contribution in [3.05, 3.63) is 72.1 Å². The van der Waals surface area contributed by atoms with E-state index in [0.29, 0.717) is 17.5 Å². The van der Waals surface area contributed by atoms with Gasteiger partial charge in [-0.15, -0.1) is 11.3 Å². The third kappa shape index (κ3) is 4.21. The first-order valence-electron chi connectivity index (χ1n) is 8.24. The van der Waals surface area contributed by atoms with Crippen molar-refractivity contribution in [1.29, 1.82) is 0 Å². The van der Waals surface area contributed by atoms with Gasteiger partial charge in [0.1, 0.15) is 5.75 Å². The Morgan fingerprint density at radius 1 is 1.07 bits per heavy atom. The second kappa shape index (κ2) is 7.84. The number of aromatic nitrogens is 2. The molecule has 2 heterocycles. The Kier molecular flexibility index (Phi) is 4.93. The van der Waals surface area contributed by atoms with Crippen molar-refractivity contribution in [2.45, 2.75) is 0 Å². The Balaban J connectivity index is 1.41. The maximum Gasteiger partial charge on any atom is 0.268 e. The number of anilines is 1. The minimum atomic E-state index is -0.230. The second-order valence-corrected chi connectivity index (χ2v) is 6.58. The first kappa shape index (κ1) is 17.0. The van der Waals surface area contributed by atoms with Crippen LogP contribution in [-0.4, -0.2) is 22.7 Å². The Labute approximate surface area is 159 Å². The van der Waals surface area contributed by atoms with Crippen molar-refractivity contribution in [3.63, 3.8) is 0 Å². The number of rotatable bonds is 6. The lowest BCUT2D eigenvalue weighted by atomic mass is 10.2. The zero-order valence-electron chi connectivity index (χ0n) is 14.2. The Hall–Kier alpha value is -3.45. The van der Waals surface area contributed by atoms with Gasteiger partial charge in [0.05, 0.1) is 4.88 Å². The smallest absolute Gasteiger partial charge is 0.268 e. The lowest BCUT2D eigenvalue weighted by Crippen LogP contribution is -2.20. The maximum absolute atomic E-state index is 12.0. The number of carbonyl (C=O) groups excluding carboxylic acids is 1. The Bertz CT molecular complexity index is 1030. The molecule has 134 valence electrons. The molecule has 0 fully saturated rings. The first-order valence-corrected chi connectivity index (χ1v) is 9.11. The van der Waals surface area contributed by atoms with Crippen LogP contribution in [0.15, 0.2) is 76.6 Å². The molecule has 0 radical (unpaired) electrons. The highest BCUT2D eigenvalue weighted by atomic mass is 32.1. The summed E-state index contributed by atoms with van der Waals surface area (Å²) < 4.78 is 10.9. The van der Waals surface area contributed by atoms with E-state index in [1.54, 1.807) is 12.1 Å². The van der Waals surface area contributed by atoms with E-state index in [4.69, 9.17) is 9.26 Å². The normalized spacial score (nSPS) is 10.5. The van der Waals surface area contributed by atoms with Crippen LogP contribution in [0.4, 0.5) is 5.69 Å². The zero-order chi connectivity index (χ0) is 18.5. The second-order valence-electron chi connectivity index (χ2n) is 5.63. The van der Waals surface area contributed by atoms with Gasteiger partial charge in [-0.2, -0.15) is 4.98 Å². The number of hydrogen-bond acceptors (Lipinski definition) is 6. The average molecular weight is 377 g/mol. The molecule has 7 heteroatoms. The molecule has 0 saturated carbocycles. The number of nitrogens with one attached hydrogen (secondary N) is 1. The molecule has 2 aromatic heterocycles. The van der Waals surface area contributed by atoms with Gasteiger partial charge in [-0.05, 0) is 35.7 Å². The third-order valence-corrected chi connectivity index (χ3v) is 4.54. The van der Waals surface area contributed by atoms with E-state index in [1.807, 2.05) is 60.0 Å². The van der Waals surface area contributed by atoms with Crippen molar-refractivity contribution in [3.8, 4) is 27.9 Å².